The number of amides is 2. The highest BCUT2D eigenvalue weighted by atomic mass is 35.5. The first kappa shape index (κ1) is 25.0. The second-order valence-corrected chi connectivity index (χ2v) is 10.3. The number of carbonyl (C=O) groups excluding carboxylic acids is 2. The summed E-state index contributed by atoms with van der Waals surface area (Å²) in [5.41, 5.74) is 0.403. The molecule has 4 nitrogen and oxygen atoms in total. The predicted octanol–water partition coefficient (Wildman–Crippen LogP) is 7.70. The Bertz CT molecular complexity index is 1300. The van der Waals surface area contributed by atoms with E-state index < -0.39 is 39.6 Å². The van der Waals surface area contributed by atoms with Crippen molar-refractivity contribution in [2.24, 2.45) is 5.92 Å². The first-order valence-electron chi connectivity index (χ1n) is 9.68. The summed E-state index contributed by atoms with van der Waals surface area (Å²) in [6.45, 7) is 0. The molecule has 0 heterocycles. The first-order chi connectivity index (χ1) is 16.0. The van der Waals surface area contributed by atoms with Crippen molar-refractivity contribution in [1.82, 2.24) is 0 Å². The second-order valence-electron chi connectivity index (χ2n) is 7.59. The number of hydrogen-bond donors (Lipinski definition) is 2. The summed E-state index contributed by atoms with van der Waals surface area (Å²) in [5, 5.41) is 5.69. The highest BCUT2D eigenvalue weighted by Gasteiger charge is 2.67. The molecule has 1 fully saturated rings. The molecule has 1 aliphatic rings. The largest absolute Gasteiger partial charge is 0.326 e. The fourth-order valence-electron chi connectivity index (χ4n) is 3.60. The van der Waals surface area contributed by atoms with Gasteiger partial charge >= 0.3 is 0 Å². The Balaban J connectivity index is 1.52. The molecular weight excluding hydrogens is 552 g/mol. The lowest BCUT2D eigenvalue weighted by Crippen LogP contribution is -2.18. The van der Waals surface area contributed by atoms with Gasteiger partial charge < -0.3 is 10.6 Å². The zero-order valence-corrected chi connectivity index (χ0v) is 20.6. The monoisotopic (exact) mass is 562 g/mol. The van der Waals surface area contributed by atoms with Crippen LogP contribution in [0.15, 0.2) is 54.6 Å². The van der Waals surface area contributed by atoms with Crippen molar-refractivity contribution in [1.29, 1.82) is 0 Å². The molecule has 176 valence electrons. The Morgan fingerprint density at radius 1 is 0.853 bits per heavy atom. The third-order valence-corrected chi connectivity index (χ3v) is 6.94. The summed E-state index contributed by atoms with van der Waals surface area (Å²) in [5.74, 6) is -4.23. The molecule has 0 unspecified atom stereocenters. The van der Waals surface area contributed by atoms with E-state index in [9.17, 15) is 18.4 Å². The van der Waals surface area contributed by atoms with Gasteiger partial charge in [0.1, 0.15) is 16.0 Å². The second kappa shape index (κ2) is 9.51. The van der Waals surface area contributed by atoms with Gasteiger partial charge in [0.15, 0.2) is 0 Å². The van der Waals surface area contributed by atoms with Crippen LogP contribution in [0.25, 0.3) is 0 Å². The Labute approximate surface area is 218 Å². The maximum atomic E-state index is 13.9. The van der Waals surface area contributed by atoms with E-state index in [0.29, 0.717) is 15.6 Å². The molecule has 2 N–H and O–H groups in total. The number of anilines is 2. The third-order valence-electron chi connectivity index (χ3n) is 5.24. The highest BCUT2D eigenvalue weighted by molar-refractivity contribution is 6.53. The van der Waals surface area contributed by atoms with Crippen LogP contribution in [-0.2, 0) is 4.79 Å². The maximum absolute atomic E-state index is 13.9. The fraction of sp³-hybridized carbons (Fsp3) is 0.130. The van der Waals surface area contributed by atoms with Gasteiger partial charge in [-0.15, -0.1) is 23.2 Å². The van der Waals surface area contributed by atoms with Crippen LogP contribution in [0.3, 0.4) is 0 Å². The van der Waals surface area contributed by atoms with Gasteiger partial charge in [0.05, 0.1) is 22.2 Å². The van der Waals surface area contributed by atoms with Gasteiger partial charge in [0.25, 0.3) is 5.91 Å². The highest BCUT2D eigenvalue weighted by Crippen LogP contribution is 2.65. The summed E-state index contributed by atoms with van der Waals surface area (Å²) in [6, 6.07) is 11.6. The van der Waals surface area contributed by atoms with E-state index in [1.165, 1.54) is 18.2 Å². The molecular formula is C23H13Cl5F2N2O2. The molecule has 1 saturated carbocycles. The fourth-order valence-corrected chi connectivity index (χ4v) is 5.18. The minimum absolute atomic E-state index is 0.0363. The lowest BCUT2D eigenvalue weighted by Gasteiger charge is -2.11. The van der Waals surface area contributed by atoms with Gasteiger partial charge in [-0.05, 0) is 54.1 Å². The molecule has 0 spiro atoms. The van der Waals surface area contributed by atoms with Crippen molar-refractivity contribution in [3.8, 4) is 0 Å². The van der Waals surface area contributed by atoms with Crippen LogP contribution < -0.4 is 10.6 Å². The smallest absolute Gasteiger partial charge is 0.257 e. The van der Waals surface area contributed by atoms with E-state index in [2.05, 4.69) is 10.6 Å². The van der Waals surface area contributed by atoms with E-state index in [0.717, 1.165) is 18.2 Å². The molecule has 0 aromatic heterocycles. The molecule has 0 aliphatic heterocycles. The maximum Gasteiger partial charge on any atom is 0.257 e. The van der Waals surface area contributed by atoms with Crippen LogP contribution in [0.5, 0.6) is 0 Å². The van der Waals surface area contributed by atoms with E-state index in [1.807, 2.05) is 0 Å². The van der Waals surface area contributed by atoms with Crippen molar-refractivity contribution < 1.29 is 18.4 Å². The molecule has 3 aromatic carbocycles. The molecule has 1 aliphatic carbocycles. The molecule has 34 heavy (non-hydrogen) atoms. The topological polar surface area (TPSA) is 58.2 Å². The Hall–Kier alpha value is -2.09. The van der Waals surface area contributed by atoms with E-state index in [1.54, 1.807) is 18.2 Å². The van der Waals surface area contributed by atoms with Crippen LogP contribution in [-0.4, -0.2) is 16.1 Å². The number of halogens is 7. The van der Waals surface area contributed by atoms with Gasteiger partial charge in [-0.25, -0.2) is 8.78 Å². The number of carbonyl (C=O) groups is 2. The van der Waals surface area contributed by atoms with Crippen LogP contribution in [0.2, 0.25) is 15.1 Å². The van der Waals surface area contributed by atoms with E-state index in [4.69, 9.17) is 58.0 Å². The van der Waals surface area contributed by atoms with Crippen LogP contribution in [0.4, 0.5) is 20.2 Å². The normalized spacial score (nSPS) is 18.3. The lowest BCUT2D eigenvalue weighted by molar-refractivity contribution is -0.117. The Morgan fingerprint density at radius 2 is 1.53 bits per heavy atom. The summed E-state index contributed by atoms with van der Waals surface area (Å²) in [4.78, 5) is 25.5. The van der Waals surface area contributed by atoms with Crippen LogP contribution >= 0.6 is 58.0 Å². The average molecular weight is 565 g/mol. The number of alkyl halides is 2. The molecule has 4 rings (SSSR count). The Kier molecular flexibility index (Phi) is 7.00. The van der Waals surface area contributed by atoms with E-state index in [-0.39, 0.29) is 22.0 Å². The zero-order chi connectivity index (χ0) is 24.8. The number of benzene rings is 3. The van der Waals surface area contributed by atoms with Gasteiger partial charge in [-0.1, -0.05) is 34.8 Å². The molecule has 0 bridgehead atoms. The number of rotatable bonds is 5. The van der Waals surface area contributed by atoms with Crippen LogP contribution in [0, 0.1) is 17.6 Å². The van der Waals surface area contributed by atoms with Crippen molar-refractivity contribution in [2.75, 3.05) is 10.6 Å². The average Bonchev–Trinajstić information content (AvgIpc) is 3.33. The molecule has 0 radical (unpaired) electrons. The lowest BCUT2D eigenvalue weighted by atomic mass is 10.1. The molecule has 3 aromatic rings. The van der Waals surface area contributed by atoms with Gasteiger partial charge in [0.2, 0.25) is 5.91 Å². The number of hydrogen-bond acceptors (Lipinski definition) is 2. The first-order valence-corrected chi connectivity index (χ1v) is 11.6. The van der Waals surface area contributed by atoms with Crippen molar-refractivity contribution in [2.45, 2.75) is 10.3 Å². The summed E-state index contributed by atoms with van der Waals surface area (Å²) >= 11 is 30.9. The summed E-state index contributed by atoms with van der Waals surface area (Å²) < 4.78 is 25.9. The van der Waals surface area contributed by atoms with Gasteiger partial charge in [0, 0.05) is 27.7 Å². The zero-order valence-electron chi connectivity index (χ0n) is 16.8. The molecule has 11 heteroatoms. The van der Waals surface area contributed by atoms with Gasteiger partial charge in [-0.2, -0.15) is 0 Å². The minimum Gasteiger partial charge on any atom is -0.326 e. The quantitative estimate of drug-likeness (QED) is 0.312. The minimum atomic E-state index is -1.39. The standard InChI is InChI=1S/C23H13Cl5F2N2O2/c24-11-5-10(6-12(25)7-11)19-20(23(19,27)28)22(34)31-14-2-3-16(26)15(9-14)21(33)32-18-8-13(29)1-4-17(18)30/h1-9,19-20H,(H,31,34)(H,32,33)/t19-,20+/m0/s1. The van der Waals surface area contributed by atoms with Crippen LogP contribution in [0.1, 0.15) is 21.8 Å². The van der Waals surface area contributed by atoms with Gasteiger partial charge in [-0.3, -0.25) is 9.59 Å². The SMILES string of the molecule is O=C(Nc1cc(F)ccc1F)c1cc(NC(=O)[C@H]2[C@H](c3cc(Cl)cc(Cl)c3)C2(Cl)Cl)ccc1Cl. The molecule has 2 amide bonds. The third kappa shape index (κ3) is 5.11. The van der Waals surface area contributed by atoms with Crippen molar-refractivity contribution in [3.05, 3.63) is 92.4 Å². The van der Waals surface area contributed by atoms with Crippen molar-refractivity contribution in [3.63, 3.8) is 0 Å². The van der Waals surface area contributed by atoms with E-state index >= 15 is 0 Å². The predicted molar refractivity (Wildman–Crippen MR) is 132 cm³/mol. The summed E-state index contributed by atoms with van der Waals surface area (Å²) in [6.07, 6.45) is 0. The molecule has 2 atom stereocenters. The molecule has 0 saturated heterocycles. The number of nitrogens with one attached hydrogen (secondary N) is 2. The van der Waals surface area contributed by atoms with Crippen molar-refractivity contribution >= 4 is 81.2 Å². The Morgan fingerprint density at radius 3 is 2.21 bits per heavy atom. The summed E-state index contributed by atoms with van der Waals surface area (Å²) in [7, 11) is 0.